The molecular formula is C18H23O5P. The van der Waals surface area contributed by atoms with Gasteiger partial charge in [0.05, 0.1) is 18.9 Å². The maximum atomic E-state index is 13.3. The standard InChI is InChI=1S/C18H23O5P/c1-3-22-24(21,23-4-2)17(12-13-18(19)20)16-11-7-9-14-8-5-6-10-15(14)16/h5-11,17H,3-4,12-13H2,1-2H3,(H,19,20)/t17-/m0/s1. The van der Waals surface area contributed by atoms with Gasteiger partial charge in [-0.05, 0) is 36.6 Å². The predicted octanol–water partition coefficient (Wildman–Crippen LogP) is 5.01. The van der Waals surface area contributed by atoms with Crippen LogP contribution in [-0.2, 0) is 18.4 Å². The molecule has 24 heavy (non-hydrogen) atoms. The molecule has 0 heterocycles. The first kappa shape index (κ1) is 18.7. The minimum Gasteiger partial charge on any atom is -0.481 e. The predicted molar refractivity (Wildman–Crippen MR) is 94.4 cm³/mol. The molecule has 0 saturated heterocycles. The second-order valence-corrected chi connectivity index (χ2v) is 7.61. The molecule has 6 heteroatoms. The molecule has 0 unspecified atom stereocenters. The first-order valence-electron chi connectivity index (χ1n) is 8.10. The monoisotopic (exact) mass is 350 g/mol. The maximum absolute atomic E-state index is 13.3. The smallest absolute Gasteiger partial charge is 0.338 e. The molecule has 0 radical (unpaired) electrons. The summed E-state index contributed by atoms with van der Waals surface area (Å²) in [6.07, 6.45) is 0.0959. The average Bonchev–Trinajstić information content (AvgIpc) is 2.55. The van der Waals surface area contributed by atoms with E-state index in [9.17, 15) is 9.36 Å². The van der Waals surface area contributed by atoms with Crippen molar-refractivity contribution in [3.63, 3.8) is 0 Å². The fourth-order valence-corrected chi connectivity index (χ4v) is 5.03. The lowest BCUT2D eigenvalue weighted by atomic mass is 10.00. The summed E-state index contributed by atoms with van der Waals surface area (Å²) in [5, 5.41) is 11.0. The number of carboxylic acid groups (broad SMARTS) is 1. The first-order chi connectivity index (χ1) is 11.5. The molecule has 1 atom stereocenters. The van der Waals surface area contributed by atoms with Crippen LogP contribution in [0.4, 0.5) is 0 Å². The third-order valence-corrected chi connectivity index (χ3v) is 6.35. The second kappa shape index (κ2) is 8.43. The molecule has 0 saturated carbocycles. The Bertz CT molecular complexity index is 728. The number of rotatable bonds is 9. The molecule has 0 fully saturated rings. The number of fused-ring (bicyclic) bond motifs is 1. The number of hydrogen-bond donors (Lipinski definition) is 1. The lowest BCUT2D eigenvalue weighted by Crippen LogP contribution is -2.09. The lowest BCUT2D eigenvalue weighted by molar-refractivity contribution is -0.137. The van der Waals surface area contributed by atoms with Crippen LogP contribution in [0.2, 0.25) is 0 Å². The molecule has 0 aliphatic carbocycles. The van der Waals surface area contributed by atoms with Crippen molar-refractivity contribution >= 4 is 24.3 Å². The van der Waals surface area contributed by atoms with Crippen molar-refractivity contribution in [2.45, 2.75) is 32.3 Å². The van der Waals surface area contributed by atoms with Crippen LogP contribution >= 0.6 is 7.60 Å². The first-order valence-corrected chi connectivity index (χ1v) is 9.71. The zero-order valence-corrected chi connectivity index (χ0v) is 14.9. The number of carboxylic acids is 1. The number of benzene rings is 2. The summed E-state index contributed by atoms with van der Waals surface area (Å²) in [6.45, 7) is 3.99. The van der Waals surface area contributed by atoms with Crippen LogP contribution in [-0.4, -0.2) is 24.3 Å². The molecule has 5 nitrogen and oxygen atoms in total. The molecular weight excluding hydrogens is 327 g/mol. The highest BCUT2D eigenvalue weighted by Crippen LogP contribution is 2.63. The fraction of sp³-hybridized carbons (Fsp3) is 0.389. The van der Waals surface area contributed by atoms with E-state index in [0.717, 1.165) is 16.3 Å². The summed E-state index contributed by atoms with van der Waals surface area (Å²) in [4.78, 5) is 11.1. The molecule has 2 rings (SSSR count). The Balaban J connectivity index is 2.55. The molecule has 0 aliphatic heterocycles. The van der Waals surface area contributed by atoms with Crippen molar-refractivity contribution in [2.24, 2.45) is 0 Å². The van der Waals surface area contributed by atoms with E-state index in [2.05, 4.69) is 0 Å². The van der Waals surface area contributed by atoms with E-state index in [4.69, 9.17) is 14.2 Å². The van der Waals surface area contributed by atoms with Crippen molar-refractivity contribution in [1.29, 1.82) is 0 Å². The average molecular weight is 350 g/mol. The Labute approximate surface area is 142 Å². The lowest BCUT2D eigenvalue weighted by Gasteiger charge is -2.27. The molecule has 2 aromatic carbocycles. The fourth-order valence-electron chi connectivity index (χ4n) is 2.86. The van der Waals surface area contributed by atoms with Gasteiger partial charge in [-0.25, -0.2) is 0 Å². The molecule has 130 valence electrons. The van der Waals surface area contributed by atoms with Gasteiger partial charge in [0.2, 0.25) is 0 Å². The zero-order valence-electron chi connectivity index (χ0n) is 14.0. The van der Waals surface area contributed by atoms with Gasteiger partial charge in [0.15, 0.2) is 0 Å². The summed E-state index contributed by atoms with van der Waals surface area (Å²) in [7, 11) is -3.48. The summed E-state index contributed by atoms with van der Waals surface area (Å²) >= 11 is 0. The Kier molecular flexibility index (Phi) is 6.55. The van der Waals surface area contributed by atoms with E-state index in [0.29, 0.717) is 0 Å². The summed E-state index contributed by atoms with van der Waals surface area (Å²) in [5.74, 6) is -0.931. The topological polar surface area (TPSA) is 72.8 Å². The minimum atomic E-state index is -3.48. The highest BCUT2D eigenvalue weighted by Gasteiger charge is 2.37. The second-order valence-electron chi connectivity index (χ2n) is 5.39. The molecule has 0 bridgehead atoms. The van der Waals surface area contributed by atoms with Crippen molar-refractivity contribution in [2.75, 3.05) is 13.2 Å². The number of hydrogen-bond acceptors (Lipinski definition) is 4. The van der Waals surface area contributed by atoms with E-state index in [1.807, 2.05) is 42.5 Å². The molecule has 0 aliphatic rings. The highest BCUT2D eigenvalue weighted by molar-refractivity contribution is 7.54. The van der Waals surface area contributed by atoms with Gasteiger partial charge in [0, 0.05) is 6.42 Å². The van der Waals surface area contributed by atoms with Crippen molar-refractivity contribution in [1.82, 2.24) is 0 Å². The van der Waals surface area contributed by atoms with Gasteiger partial charge in [0.25, 0.3) is 0 Å². The van der Waals surface area contributed by atoms with E-state index < -0.39 is 19.2 Å². The van der Waals surface area contributed by atoms with Crippen LogP contribution < -0.4 is 0 Å². The van der Waals surface area contributed by atoms with E-state index in [1.54, 1.807) is 13.8 Å². The van der Waals surface area contributed by atoms with Gasteiger partial charge in [-0.15, -0.1) is 0 Å². The van der Waals surface area contributed by atoms with Crippen LogP contribution in [0, 0.1) is 0 Å². The minimum absolute atomic E-state index is 0.0992. The third kappa shape index (κ3) is 4.23. The Morgan fingerprint density at radius 2 is 1.71 bits per heavy atom. The SMILES string of the molecule is CCOP(=O)(OCC)[C@@H](CCC(=O)O)c1cccc2ccccc12. The molecule has 0 aromatic heterocycles. The van der Waals surface area contributed by atoms with E-state index in [1.165, 1.54) is 0 Å². The van der Waals surface area contributed by atoms with Gasteiger partial charge in [-0.3, -0.25) is 9.36 Å². The molecule has 0 amide bonds. The van der Waals surface area contributed by atoms with Crippen LogP contribution in [0.15, 0.2) is 42.5 Å². The van der Waals surface area contributed by atoms with Crippen molar-refractivity contribution < 1.29 is 23.5 Å². The van der Waals surface area contributed by atoms with Crippen LogP contribution in [0.25, 0.3) is 10.8 Å². The largest absolute Gasteiger partial charge is 0.481 e. The van der Waals surface area contributed by atoms with Gasteiger partial charge < -0.3 is 14.2 Å². The zero-order chi connectivity index (χ0) is 17.6. The summed E-state index contributed by atoms with van der Waals surface area (Å²) in [5.41, 5.74) is 0.194. The molecule has 0 spiro atoms. The van der Waals surface area contributed by atoms with Crippen molar-refractivity contribution in [3.8, 4) is 0 Å². The number of aliphatic carboxylic acids is 1. The Morgan fingerprint density at radius 1 is 1.08 bits per heavy atom. The molecule has 1 N–H and O–H groups in total. The van der Waals surface area contributed by atoms with E-state index in [-0.39, 0.29) is 26.1 Å². The summed E-state index contributed by atoms with van der Waals surface area (Å²) in [6, 6.07) is 13.5. The van der Waals surface area contributed by atoms with Gasteiger partial charge in [0.1, 0.15) is 0 Å². The van der Waals surface area contributed by atoms with E-state index >= 15 is 0 Å². The van der Waals surface area contributed by atoms with Crippen LogP contribution in [0.3, 0.4) is 0 Å². The van der Waals surface area contributed by atoms with Gasteiger partial charge >= 0.3 is 13.6 Å². The Morgan fingerprint density at radius 3 is 2.33 bits per heavy atom. The third-order valence-electron chi connectivity index (χ3n) is 3.81. The van der Waals surface area contributed by atoms with Gasteiger partial charge in [-0.2, -0.15) is 0 Å². The van der Waals surface area contributed by atoms with Crippen LogP contribution in [0.5, 0.6) is 0 Å². The number of carbonyl (C=O) groups is 1. The maximum Gasteiger partial charge on any atom is 0.338 e. The quantitative estimate of drug-likeness (QED) is 0.644. The highest BCUT2D eigenvalue weighted by atomic mass is 31.2. The normalized spacial score (nSPS) is 13.1. The Hall–Kier alpha value is -1.68. The van der Waals surface area contributed by atoms with Crippen molar-refractivity contribution in [3.05, 3.63) is 48.0 Å². The van der Waals surface area contributed by atoms with Crippen LogP contribution in [0.1, 0.15) is 37.9 Å². The molecule has 2 aromatic rings. The summed E-state index contributed by atoms with van der Waals surface area (Å²) < 4.78 is 24.3. The van der Waals surface area contributed by atoms with Gasteiger partial charge in [-0.1, -0.05) is 42.5 Å².